The molecule has 1 unspecified atom stereocenters. The van der Waals surface area contributed by atoms with Crippen LogP contribution in [0.25, 0.3) is 0 Å². The molecule has 1 aromatic carbocycles. The number of benzene rings is 1. The van der Waals surface area contributed by atoms with Crippen LogP contribution >= 0.6 is 0 Å². The summed E-state index contributed by atoms with van der Waals surface area (Å²) in [7, 11) is 4.86. The zero-order valence-electron chi connectivity index (χ0n) is 12.7. The smallest absolute Gasteiger partial charge is 0.237 e. The van der Waals surface area contributed by atoms with Crippen molar-refractivity contribution < 1.29 is 14.2 Å². The molecule has 112 valence electrons. The minimum atomic E-state index is 0.0721. The number of nitrogens with one attached hydrogen (secondary N) is 1. The van der Waals surface area contributed by atoms with Gasteiger partial charge >= 0.3 is 0 Å². The SMILES string of the molecule is COc1ccc(C(C)Nc2cccnc2OC)cc1OC. The predicted molar refractivity (Wildman–Crippen MR) is 82.4 cm³/mol. The van der Waals surface area contributed by atoms with Crippen molar-refractivity contribution in [3.63, 3.8) is 0 Å². The van der Waals surface area contributed by atoms with E-state index in [9.17, 15) is 0 Å². The van der Waals surface area contributed by atoms with Gasteiger partial charge in [-0.1, -0.05) is 6.07 Å². The largest absolute Gasteiger partial charge is 0.493 e. The van der Waals surface area contributed by atoms with Crippen molar-refractivity contribution in [1.29, 1.82) is 0 Å². The Bertz CT molecular complexity index is 602. The first-order chi connectivity index (χ1) is 10.2. The van der Waals surface area contributed by atoms with E-state index in [4.69, 9.17) is 14.2 Å². The Kier molecular flexibility index (Phi) is 4.87. The number of pyridine rings is 1. The van der Waals surface area contributed by atoms with Gasteiger partial charge in [0.25, 0.3) is 0 Å². The Morgan fingerprint density at radius 2 is 1.76 bits per heavy atom. The Hall–Kier alpha value is -2.43. The molecule has 0 bridgehead atoms. The summed E-state index contributed by atoms with van der Waals surface area (Å²) in [6.07, 6.45) is 1.70. The molecule has 0 spiro atoms. The van der Waals surface area contributed by atoms with Crippen molar-refractivity contribution in [2.45, 2.75) is 13.0 Å². The zero-order valence-corrected chi connectivity index (χ0v) is 12.7. The highest BCUT2D eigenvalue weighted by Crippen LogP contribution is 2.32. The Labute approximate surface area is 124 Å². The summed E-state index contributed by atoms with van der Waals surface area (Å²) in [6.45, 7) is 2.06. The fourth-order valence-corrected chi connectivity index (χ4v) is 2.10. The molecule has 1 heterocycles. The van der Waals surface area contributed by atoms with Crippen LogP contribution in [0.5, 0.6) is 17.4 Å². The van der Waals surface area contributed by atoms with Gasteiger partial charge in [-0.25, -0.2) is 4.98 Å². The van der Waals surface area contributed by atoms with E-state index in [1.807, 2.05) is 30.3 Å². The average molecular weight is 288 g/mol. The van der Waals surface area contributed by atoms with Crippen LogP contribution in [0.3, 0.4) is 0 Å². The third-order valence-corrected chi connectivity index (χ3v) is 3.24. The van der Waals surface area contributed by atoms with E-state index >= 15 is 0 Å². The summed E-state index contributed by atoms with van der Waals surface area (Å²) in [5.74, 6) is 2.00. The molecule has 1 atom stereocenters. The molecule has 0 aliphatic heterocycles. The molecule has 1 N–H and O–H groups in total. The highest BCUT2D eigenvalue weighted by atomic mass is 16.5. The third kappa shape index (κ3) is 3.37. The molecular formula is C16H20N2O3. The molecule has 1 aromatic heterocycles. The van der Waals surface area contributed by atoms with E-state index in [1.54, 1.807) is 27.5 Å². The minimum absolute atomic E-state index is 0.0721. The molecule has 21 heavy (non-hydrogen) atoms. The minimum Gasteiger partial charge on any atom is -0.493 e. The van der Waals surface area contributed by atoms with Crippen LogP contribution in [-0.4, -0.2) is 26.3 Å². The van der Waals surface area contributed by atoms with Gasteiger partial charge in [0, 0.05) is 12.2 Å². The number of nitrogens with zero attached hydrogens (tertiary/aromatic N) is 1. The lowest BCUT2D eigenvalue weighted by Crippen LogP contribution is -2.08. The first-order valence-electron chi connectivity index (χ1n) is 6.67. The quantitative estimate of drug-likeness (QED) is 0.884. The maximum absolute atomic E-state index is 5.33. The normalized spacial score (nSPS) is 11.6. The second kappa shape index (κ2) is 6.83. The molecule has 0 fully saturated rings. The molecule has 2 rings (SSSR count). The zero-order chi connectivity index (χ0) is 15.2. The van der Waals surface area contributed by atoms with Gasteiger partial charge in [0.15, 0.2) is 11.5 Å². The molecule has 0 amide bonds. The van der Waals surface area contributed by atoms with Crippen LogP contribution in [0.1, 0.15) is 18.5 Å². The lowest BCUT2D eigenvalue weighted by atomic mass is 10.1. The van der Waals surface area contributed by atoms with Gasteiger partial charge in [-0.05, 0) is 36.8 Å². The predicted octanol–water partition coefficient (Wildman–Crippen LogP) is 3.28. The summed E-state index contributed by atoms with van der Waals surface area (Å²) in [4.78, 5) is 4.18. The van der Waals surface area contributed by atoms with Crippen molar-refractivity contribution in [3.05, 3.63) is 42.1 Å². The molecule has 0 saturated heterocycles. The average Bonchev–Trinajstić information content (AvgIpc) is 2.54. The van der Waals surface area contributed by atoms with E-state index in [0.29, 0.717) is 17.4 Å². The van der Waals surface area contributed by atoms with E-state index in [0.717, 1.165) is 11.3 Å². The molecule has 0 aliphatic rings. The van der Waals surface area contributed by atoms with Crippen LogP contribution in [-0.2, 0) is 0 Å². The number of aromatic nitrogens is 1. The summed E-state index contributed by atoms with van der Waals surface area (Å²) in [5.41, 5.74) is 1.93. The van der Waals surface area contributed by atoms with Gasteiger partial charge in [-0.15, -0.1) is 0 Å². The fraction of sp³-hybridized carbons (Fsp3) is 0.312. The fourth-order valence-electron chi connectivity index (χ4n) is 2.10. The number of hydrogen-bond acceptors (Lipinski definition) is 5. The highest BCUT2D eigenvalue weighted by Gasteiger charge is 2.12. The van der Waals surface area contributed by atoms with Crippen LogP contribution in [0.15, 0.2) is 36.5 Å². The van der Waals surface area contributed by atoms with Gasteiger partial charge in [0.05, 0.1) is 27.0 Å². The number of ether oxygens (including phenoxy) is 3. The number of anilines is 1. The Balaban J connectivity index is 2.22. The van der Waals surface area contributed by atoms with Crippen LogP contribution < -0.4 is 19.5 Å². The molecule has 2 aromatic rings. The maximum Gasteiger partial charge on any atom is 0.237 e. The molecule has 0 saturated carbocycles. The van der Waals surface area contributed by atoms with Gasteiger partial charge in [0.1, 0.15) is 0 Å². The summed E-state index contributed by atoms with van der Waals surface area (Å²) < 4.78 is 15.8. The molecule has 0 radical (unpaired) electrons. The van der Waals surface area contributed by atoms with Gasteiger partial charge in [0.2, 0.25) is 5.88 Å². The standard InChI is InChI=1S/C16H20N2O3/c1-11(18-13-6-5-9-17-16(13)21-4)12-7-8-14(19-2)15(10-12)20-3/h5-11,18H,1-4H3. The van der Waals surface area contributed by atoms with Crippen molar-refractivity contribution >= 4 is 5.69 Å². The van der Waals surface area contributed by atoms with Crippen LogP contribution in [0, 0.1) is 0 Å². The Morgan fingerprint density at radius 1 is 1.00 bits per heavy atom. The van der Waals surface area contributed by atoms with E-state index in [1.165, 1.54) is 0 Å². The highest BCUT2D eigenvalue weighted by molar-refractivity contribution is 5.54. The van der Waals surface area contributed by atoms with E-state index in [-0.39, 0.29) is 6.04 Å². The second-order valence-electron chi connectivity index (χ2n) is 4.54. The molecule has 5 heteroatoms. The van der Waals surface area contributed by atoms with Crippen molar-refractivity contribution in [1.82, 2.24) is 4.98 Å². The van der Waals surface area contributed by atoms with Crippen LogP contribution in [0.4, 0.5) is 5.69 Å². The maximum atomic E-state index is 5.33. The molecular weight excluding hydrogens is 268 g/mol. The van der Waals surface area contributed by atoms with Crippen molar-refractivity contribution in [2.24, 2.45) is 0 Å². The summed E-state index contributed by atoms with van der Waals surface area (Å²) in [6, 6.07) is 9.73. The number of rotatable bonds is 6. The lowest BCUT2D eigenvalue weighted by Gasteiger charge is -2.18. The lowest BCUT2D eigenvalue weighted by molar-refractivity contribution is 0.354. The topological polar surface area (TPSA) is 52.6 Å². The summed E-state index contributed by atoms with van der Waals surface area (Å²) in [5, 5.41) is 3.38. The molecule has 0 aliphatic carbocycles. The number of hydrogen-bond donors (Lipinski definition) is 1. The van der Waals surface area contributed by atoms with E-state index in [2.05, 4.69) is 17.2 Å². The first-order valence-corrected chi connectivity index (χ1v) is 6.67. The van der Waals surface area contributed by atoms with Crippen molar-refractivity contribution in [3.8, 4) is 17.4 Å². The number of methoxy groups -OCH3 is 3. The van der Waals surface area contributed by atoms with Gasteiger partial charge in [-0.2, -0.15) is 0 Å². The third-order valence-electron chi connectivity index (χ3n) is 3.24. The van der Waals surface area contributed by atoms with Gasteiger partial charge < -0.3 is 19.5 Å². The monoisotopic (exact) mass is 288 g/mol. The second-order valence-corrected chi connectivity index (χ2v) is 4.54. The first kappa shape index (κ1) is 15.0. The van der Waals surface area contributed by atoms with Gasteiger partial charge in [-0.3, -0.25) is 0 Å². The molecule has 5 nitrogen and oxygen atoms in total. The summed E-state index contributed by atoms with van der Waals surface area (Å²) >= 11 is 0. The van der Waals surface area contributed by atoms with Crippen molar-refractivity contribution in [2.75, 3.05) is 26.6 Å². The Morgan fingerprint density at radius 3 is 2.43 bits per heavy atom. The van der Waals surface area contributed by atoms with Crippen LogP contribution in [0.2, 0.25) is 0 Å². The van der Waals surface area contributed by atoms with E-state index < -0.39 is 0 Å².